The Bertz CT molecular complexity index is 1500. The highest BCUT2D eigenvalue weighted by Gasteiger charge is 2.18. The Hall–Kier alpha value is -4.36. The molecule has 4 aromatic rings. The molecule has 0 radical (unpaired) electrons. The van der Waals surface area contributed by atoms with E-state index < -0.39 is 15.9 Å². The zero-order valence-electron chi connectivity index (χ0n) is 18.3. The highest BCUT2D eigenvalue weighted by molar-refractivity contribution is 7.89. The molecule has 35 heavy (non-hydrogen) atoms. The Morgan fingerprint density at radius 3 is 2.66 bits per heavy atom. The number of carbonyl (C=O) groups is 1. The van der Waals surface area contributed by atoms with Gasteiger partial charge in [0.15, 0.2) is 10.8 Å². The van der Waals surface area contributed by atoms with Crippen LogP contribution < -0.4 is 19.5 Å². The second-order valence-corrected chi connectivity index (χ2v) is 9.08. The van der Waals surface area contributed by atoms with Crippen molar-refractivity contribution in [1.29, 1.82) is 0 Å². The topological polar surface area (TPSA) is 158 Å². The van der Waals surface area contributed by atoms with Crippen LogP contribution >= 0.6 is 0 Å². The van der Waals surface area contributed by atoms with E-state index in [1.807, 2.05) is 0 Å². The molecule has 2 N–H and O–H groups in total. The predicted octanol–water partition coefficient (Wildman–Crippen LogP) is 2.13. The average molecular weight is 494 g/mol. The number of carbonyl (C=O) groups excluding carboxylic acids is 1. The maximum atomic E-state index is 12.7. The molecule has 12 nitrogen and oxygen atoms in total. The highest BCUT2D eigenvalue weighted by Crippen LogP contribution is 2.28. The normalized spacial score (nSPS) is 12.8. The fourth-order valence-electron chi connectivity index (χ4n) is 3.22. The Morgan fingerprint density at radius 1 is 1.00 bits per heavy atom. The largest absolute Gasteiger partial charge is 0.484 e. The molecule has 4 heterocycles. The Kier molecular flexibility index (Phi) is 5.84. The van der Waals surface area contributed by atoms with Crippen LogP contribution in [0.2, 0.25) is 0 Å². The number of ether oxygens (including phenoxy) is 2. The number of aromatic nitrogens is 4. The second-order valence-electron chi connectivity index (χ2n) is 7.25. The zero-order chi connectivity index (χ0) is 24.4. The number of nitrogens with zero attached hydrogens (tertiary/aromatic N) is 4. The lowest BCUT2D eigenvalue weighted by Crippen LogP contribution is -2.19. The molecule has 13 heteroatoms. The van der Waals surface area contributed by atoms with E-state index in [1.54, 1.807) is 36.4 Å². The second kappa shape index (κ2) is 9.12. The fraction of sp³-hybridized carbons (Fsp3) is 0.136. The zero-order valence-corrected chi connectivity index (χ0v) is 19.1. The van der Waals surface area contributed by atoms with Crippen LogP contribution in [-0.2, 0) is 10.0 Å². The lowest BCUT2D eigenvalue weighted by atomic mass is 10.2. The van der Waals surface area contributed by atoms with Gasteiger partial charge >= 0.3 is 0 Å². The Morgan fingerprint density at radius 2 is 1.86 bits per heavy atom. The molecule has 0 spiro atoms. The number of hydrogen-bond donors (Lipinski definition) is 2. The molecule has 1 aliphatic heterocycles. The molecule has 3 aromatic heterocycles. The van der Waals surface area contributed by atoms with Crippen LogP contribution in [0.15, 0.2) is 64.3 Å². The van der Waals surface area contributed by atoms with Gasteiger partial charge in [-0.15, -0.1) is 0 Å². The lowest BCUT2D eigenvalue weighted by Gasteiger charge is -2.17. The smallest absolute Gasteiger partial charge is 0.274 e. The number of rotatable bonds is 6. The SMILES string of the molecule is CNS(=O)(=O)c1ccc(-c2nc(-c3cccc(NC(=O)c4ccc5c(n4)OCCO5)c3)no2)cn1. The van der Waals surface area contributed by atoms with Crippen LogP contribution in [0.5, 0.6) is 11.6 Å². The number of amides is 1. The molecule has 0 saturated heterocycles. The number of fused-ring (bicyclic) bond motifs is 1. The molecule has 0 bridgehead atoms. The number of pyridine rings is 2. The number of hydrogen-bond acceptors (Lipinski definition) is 10. The van der Waals surface area contributed by atoms with Crippen LogP contribution in [0, 0.1) is 0 Å². The Labute approximate surface area is 199 Å². The summed E-state index contributed by atoms with van der Waals surface area (Å²) in [4.78, 5) is 25.2. The molecule has 1 amide bonds. The molecule has 178 valence electrons. The van der Waals surface area contributed by atoms with E-state index in [4.69, 9.17) is 14.0 Å². The van der Waals surface area contributed by atoms with E-state index in [1.165, 1.54) is 25.4 Å². The first-order chi connectivity index (χ1) is 16.9. The standard InChI is InChI=1S/C22H18N6O6S/c1-23-35(30,31)18-8-5-14(12-24-18)21-27-19(28-34-21)13-3-2-4-15(11-13)25-20(29)16-6-7-17-22(26-16)33-10-9-32-17/h2-8,11-12,23H,9-10H2,1H3,(H,25,29). The maximum absolute atomic E-state index is 12.7. The van der Waals surface area contributed by atoms with Gasteiger partial charge in [0.1, 0.15) is 18.9 Å². The quantitative estimate of drug-likeness (QED) is 0.407. The van der Waals surface area contributed by atoms with Crippen molar-refractivity contribution >= 4 is 21.6 Å². The molecular formula is C22H18N6O6S. The molecule has 5 rings (SSSR count). The van der Waals surface area contributed by atoms with Crippen molar-refractivity contribution in [2.24, 2.45) is 0 Å². The first kappa shape index (κ1) is 22.4. The molecular weight excluding hydrogens is 476 g/mol. The third kappa shape index (κ3) is 4.67. The van der Waals surface area contributed by atoms with Crippen molar-refractivity contribution < 1.29 is 27.2 Å². The number of sulfonamides is 1. The van der Waals surface area contributed by atoms with Gasteiger partial charge in [0.2, 0.25) is 5.82 Å². The maximum Gasteiger partial charge on any atom is 0.274 e. The van der Waals surface area contributed by atoms with Crippen LogP contribution in [0.1, 0.15) is 10.5 Å². The van der Waals surface area contributed by atoms with Gasteiger partial charge in [0, 0.05) is 17.4 Å². The minimum atomic E-state index is -3.65. The van der Waals surface area contributed by atoms with Crippen molar-refractivity contribution in [3.05, 3.63) is 60.4 Å². The average Bonchev–Trinajstić information content (AvgIpc) is 3.39. The molecule has 0 atom stereocenters. The number of anilines is 1. The summed E-state index contributed by atoms with van der Waals surface area (Å²) in [5, 5.41) is 6.63. The van der Waals surface area contributed by atoms with Gasteiger partial charge in [-0.05, 0) is 43.4 Å². The van der Waals surface area contributed by atoms with Gasteiger partial charge in [-0.1, -0.05) is 17.3 Å². The highest BCUT2D eigenvalue weighted by atomic mass is 32.2. The summed E-state index contributed by atoms with van der Waals surface area (Å²) >= 11 is 0. The first-order valence-corrected chi connectivity index (χ1v) is 11.8. The van der Waals surface area contributed by atoms with E-state index in [-0.39, 0.29) is 28.3 Å². The minimum Gasteiger partial charge on any atom is -0.484 e. The van der Waals surface area contributed by atoms with Crippen LogP contribution in [0.3, 0.4) is 0 Å². The molecule has 0 unspecified atom stereocenters. The summed E-state index contributed by atoms with van der Waals surface area (Å²) in [6.07, 6.45) is 1.33. The summed E-state index contributed by atoms with van der Waals surface area (Å²) < 4.78 is 42.0. The van der Waals surface area contributed by atoms with Crippen molar-refractivity contribution in [3.8, 4) is 34.5 Å². The van der Waals surface area contributed by atoms with E-state index in [9.17, 15) is 13.2 Å². The van der Waals surface area contributed by atoms with E-state index in [0.29, 0.717) is 35.8 Å². The fourth-order valence-corrected chi connectivity index (χ4v) is 3.86. The van der Waals surface area contributed by atoms with E-state index >= 15 is 0 Å². The summed E-state index contributed by atoms with van der Waals surface area (Å²) in [6, 6.07) is 12.9. The van der Waals surface area contributed by atoms with Crippen LogP contribution in [0.4, 0.5) is 5.69 Å². The third-order valence-corrected chi connectivity index (χ3v) is 6.30. The van der Waals surface area contributed by atoms with Crippen molar-refractivity contribution in [3.63, 3.8) is 0 Å². The Balaban J connectivity index is 1.33. The predicted molar refractivity (Wildman–Crippen MR) is 122 cm³/mol. The summed E-state index contributed by atoms with van der Waals surface area (Å²) in [7, 11) is -2.35. The van der Waals surface area contributed by atoms with Crippen molar-refractivity contribution in [2.75, 3.05) is 25.6 Å². The van der Waals surface area contributed by atoms with Gasteiger partial charge in [-0.3, -0.25) is 4.79 Å². The van der Waals surface area contributed by atoms with Crippen LogP contribution in [-0.4, -0.2) is 54.7 Å². The summed E-state index contributed by atoms with van der Waals surface area (Å²) in [5.74, 6) is 0.797. The molecule has 0 aliphatic carbocycles. The van der Waals surface area contributed by atoms with Gasteiger partial charge in [0.25, 0.3) is 27.7 Å². The number of nitrogens with one attached hydrogen (secondary N) is 2. The van der Waals surface area contributed by atoms with E-state index in [0.717, 1.165) is 0 Å². The molecule has 1 aromatic carbocycles. The molecule has 1 aliphatic rings. The van der Waals surface area contributed by atoms with Gasteiger partial charge in [0.05, 0.1) is 5.56 Å². The summed E-state index contributed by atoms with van der Waals surface area (Å²) in [5.41, 5.74) is 1.72. The summed E-state index contributed by atoms with van der Waals surface area (Å²) in [6.45, 7) is 0.805. The van der Waals surface area contributed by atoms with Gasteiger partial charge in [-0.2, -0.15) is 4.98 Å². The van der Waals surface area contributed by atoms with Gasteiger partial charge in [-0.25, -0.2) is 23.1 Å². The van der Waals surface area contributed by atoms with Crippen molar-refractivity contribution in [2.45, 2.75) is 5.03 Å². The lowest BCUT2D eigenvalue weighted by molar-refractivity contribution is 0.101. The van der Waals surface area contributed by atoms with Crippen molar-refractivity contribution in [1.82, 2.24) is 24.8 Å². The molecule has 0 fully saturated rings. The van der Waals surface area contributed by atoms with Gasteiger partial charge < -0.3 is 19.3 Å². The monoisotopic (exact) mass is 494 g/mol. The third-order valence-electron chi connectivity index (χ3n) is 4.97. The minimum absolute atomic E-state index is 0.126. The first-order valence-electron chi connectivity index (χ1n) is 10.3. The van der Waals surface area contributed by atoms with Crippen LogP contribution in [0.25, 0.3) is 22.8 Å². The van der Waals surface area contributed by atoms with E-state index in [2.05, 4.69) is 30.1 Å². The molecule has 0 saturated carbocycles. The number of benzene rings is 1.